The minimum atomic E-state index is -0.689. The van der Waals surface area contributed by atoms with Crippen LogP contribution in [0.4, 0.5) is 11.4 Å². The van der Waals surface area contributed by atoms with Crippen LogP contribution < -0.4 is 21.7 Å². The predicted molar refractivity (Wildman–Crippen MR) is 152 cm³/mol. The lowest BCUT2D eigenvalue weighted by atomic mass is 9.97. The fourth-order valence-corrected chi connectivity index (χ4v) is 4.76. The highest BCUT2D eigenvalue weighted by Gasteiger charge is 2.27. The van der Waals surface area contributed by atoms with E-state index in [1.807, 2.05) is 54.6 Å². The van der Waals surface area contributed by atoms with Crippen LogP contribution in [0, 0.1) is 5.92 Å². The van der Waals surface area contributed by atoms with E-state index in [0.29, 0.717) is 23.6 Å². The molecule has 4 rings (SSSR count). The summed E-state index contributed by atoms with van der Waals surface area (Å²) in [4.78, 5) is 34.9. The third-order valence-corrected chi connectivity index (χ3v) is 6.64. The highest BCUT2D eigenvalue weighted by atomic mass is 16.2. The topological polar surface area (TPSA) is 121 Å². The molecule has 3 aromatic rings. The lowest BCUT2D eigenvalue weighted by Gasteiger charge is -2.22. The molecule has 196 valence electrons. The van der Waals surface area contributed by atoms with Gasteiger partial charge in [0.05, 0.1) is 17.1 Å². The van der Waals surface area contributed by atoms with Gasteiger partial charge in [0.15, 0.2) is 0 Å². The molecule has 0 radical (unpaired) electrons. The molecule has 0 saturated heterocycles. The van der Waals surface area contributed by atoms with Gasteiger partial charge in [-0.05, 0) is 42.7 Å². The lowest BCUT2D eigenvalue weighted by Crippen LogP contribution is -2.47. The molecule has 0 aliphatic heterocycles. The van der Waals surface area contributed by atoms with Gasteiger partial charge in [0.25, 0.3) is 5.91 Å². The van der Waals surface area contributed by atoms with Crippen molar-refractivity contribution in [2.45, 2.75) is 38.1 Å². The van der Waals surface area contributed by atoms with Crippen molar-refractivity contribution in [2.75, 3.05) is 12.4 Å². The lowest BCUT2D eigenvalue weighted by molar-refractivity contribution is -0.122. The molecule has 8 nitrogen and oxygen atoms in total. The van der Waals surface area contributed by atoms with E-state index in [9.17, 15) is 9.59 Å². The molecule has 0 spiro atoms. The van der Waals surface area contributed by atoms with Crippen LogP contribution in [0.1, 0.15) is 42.5 Å². The van der Waals surface area contributed by atoms with Gasteiger partial charge in [-0.1, -0.05) is 62.1 Å². The van der Waals surface area contributed by atoms with E-state index in [2.05, 4.69) is 25.9 Å². The second kappa shape index (κ2) is 13.2. The number of pyridine rings is 1. The van der Waals surface area contributed by atoms with Crippen LogP contribution in [-0.4, -0.2) is 36.1 Å². The third-order valence-electron chi connectivity index (χ3n) is 6.64. The normalized spacial score (nSPS) is 14.8. The van der Waals surface area contributed by atoms with Gasteiger partial charge in [0.2, 0.25) is 5.91 Å². The maximum atomic E-state index is 13.3. The molecular formula is C30H34N6O2. The fraction of sp³-hybridized carbons (Fsp3) is 0.267. The van der Waals surface area contributed by atoms with Gasteiger partial charge in [0, 0.05) is 42.5 Å². The van der Waals surface area contributed by atoms with Gasteiger partial charge in [-0.15, -0.1) is 0 Å². The largest absolute Gasteiger partial charge is 0.403 e. The number of anilines is 2. The first-order valence-electron chi connectivity index (χ1n) is 12.9. The summed E-state index contributed by atoms with van der Waals surface area (Å²) in [6.07, 6.45) is 9.51. The summed E-state index contributed by atoms with van der Waals surface area (Å²) in [6, 6.07) is 20.3. The number of carbonyl (C=O) groups excluding carboxylic acids is 2. The second-order valence-corrected chi connectivity index (χ2v) is 9.38. The molecule has 5 N–H and O–H groups in total. The Hall–Kier alpha value is -4.46. The predicted octanol–water partition coefficient (Wildman–Crippen LogP) is 4.79. The molecule has 8 heteroatoms. The molecular weight excluding hydrogens is 476 g/mol. The number of carbonyl (C=O) groups is 2. The third kappa shape index (κ3) is 7.06. The van der Waals surface area contributed by atoms with Gasteiger partial charge in [-0.3, -0.25) is 19.6 Å². The Morgan fingerprint density at radius 3 is 2.61 bits per heavy atom. The van der Waals surface area contributed by atoms with Gasteiger partial charge in [0.1, 0.15) is 6.04 Å². The summed E-state index contributed by atoms with van der Waals surface area (Å²) in [7, 11) is 1.60. The first kappa shape index (κ1) is 26.6. The van der Waals surface area contributed by atoms with Crippen LogP contribution in [0.3, 0.4) is 0 Å². The number of nitrogens with two attached hydrogens (primary N) is 1. The van der Waals surface area contributed by atoms with Crippen molar-refractivity contribution in [3.8, 4) is 11.3 Å². The van der Waals surface area contributed by atoms with Gasteiger partial charge < -0.3 is 21.7 Å². The summed E-state index contributed by atoms with van der Waals surface area (Å²) >= 11 is 0. The minimum absolute atomic E-state index is 0.306. The van der Waals surface area contributed by atoms with E-state index < -0.39 is 6.04 Å². The number of aliphatic imine (C=N–C) groups is 1. The fourth-order valence-electron chi connectivity index (χ4n) is 4.76. The van der Waals surface area contributed by atoms with Gasteiger partial charge in [-0.25, -0.2) is 0 Å². The monoisotopic (exact) mass is 510 g/mol. The first-order chi connectivity index (χ1) is 18.6. The SMILES string of the molecule is CN=C/C(=C\N)NC(=O)C(CC1CCCC1)NC(=O)c1cccc(Nc2cccnc2-c2ccccc2)c1. The smallest absolute Gasteiger partial charge is 0.252 e. The number of allylic oxidation sites excluding steroid dienone is 1. The maximum Gasteiger partial charge on any atom is 0.252 e. The van der Waals surface area contributed by atoms with Crippen LogP contribution in [0.25, 0.3) is 11.3 Å². The van der Waals surface area contributed by atoms with Crippen molar-refractivity contribution in [3.63, 3.8) is 0 Å². The number of hydrogen-bond donors (Lipinski definition) is 4. The molecule has 1 aliphatic carbocycles. The summed E-state index contributed by atoms with van der Waals surface area (Å²) in [5.41, 5.74) is 9.84. The Bertz CT molecular complexity index is 1300. The molecule has 1 atom stereocenters. The zero-order chi connectivity index (χ0) is 26.7. The van der Waals surface area contributed by atoms with Crippen LogP contribution in [-0.2, 0) is 4.79 Å². The Morgan fingerprint density at radius 2 is 1.87 bits per heavy atom. The summed E-state index contributed by atoms with van der Waals surface area (Å²) in [5, 5.41) is 9.13. The quantitative estimate of drug-likeness (QED) is 0.292. The Labute approximate surface area is 223 Å². The van der Waals surface area contributed by atoms with Crippen LogP contribution in [0.2, 0.25) is 0 Å². The summed E-state index contributed by atoms with van der Waals surface area (Å²) in [5.74, 6) is -0.228. The minimum Gasteiger partial charge on any atom is -0.403 e. The van der Waals surface area contributed by atoms with Crippen molar-refractivity contribution in [1.82, 2.24) is 15.6 Å². The zero-order valence-electron chi connectivity index (χ0n) is 21.6. The van der Waals surface area contributed by atoms with Crippen molar-refractivity contribution in [2.24, 2.45) is 16.6 Å². The Balaban J connectivity index is 1.51. The number of rotatable bonds is 10. The molecule has 1 unspecified atom stereocenters. The maximum absolute atomic E-state index is 13.3. The molecule has 2 amide bonds. The van der Waals surface area contributed by atoms with Gasteiger partial charge >= 0.3 is 0 Å². The number of aromatic nitrogens is 1. The Kier molecular flexibility index (Phi) is 9.23. The molecule has 1 heterocycles. The van der Waals surface area contributed by atoms with Crippen molar-refractivity contribution in [1.29, 1.82) is 0 Å². The van der Waals surface area contributed by atoms with Crippen LogP contribution >= 0.6 is 0 Å². The van der Waals surface area contributed by atoms with E-state index >= 15 is 0 Å². The average Bonchev–Trinajstić information content (AvgIpc) is 3.46. The molecule has 1 aromatic heterocycles. The van der Waals surface area contributed by atoms with E-state index in [1.54, 1.807) is 25.4 Å². The number of hydrogen-bond acceptors (Lipinski definition) is 6. The first-order valence-corrected chi connectivity index (χ1v) is 12.9. The average molecular weight is 511 g/mol. The molecule has 1 saturated carbocycles. The molecule has 0 bridgehead atoms. The summed E-state index contributed by atoms with van der Waals surface area (Å²) < 4.78 is 0. The standard InChI is InChI=1S/C30H34N6O2/c1-32-20-25(19-31)35-30(38)27(17-21-9-5-6-10-21)36-29(37)23-13-7-14-24(18-23)34-26-15-8-16-33-28(26)22-11-3-2-4-12-22/h2-4,7-8,11-16,18-21,27,34H,5-6,9-10,17,31H2,1H3,(H,35,38)(H,36,37)/b25-19+,32-20?. The highest BCUT2D eigenvalue weighted by Crippen LogP contribution is 2.30. The molecule has 1 aliphatic rings. The number of nitrogens with one attached hydrogen (secondary N) is 3. The van der Waals surface area contributed by atoms with Crippen LogP contribution in [0.5, 0.6) is 0 Å². The number of amides is 2. The number of nitrogens with zero attached hydrogens (tertiary/aromatic N) is 2. The van der Waals surface area contributed by atoms with E-state index in [-0.39, 0.29) is 11.8 Å². The molecule has 2 aromatic carbocycles. The molecule has 38 heavy (non-hydrogen) atoms. The second-order valence-electron chi connectivity index (χ2n) is 9.38. The van der Waals surface area contributed by atoms with Crippen molar-refractivity contribution in [3.05, 3.63) is 90.4 Å². The van der Waals surface area contributed by atoms with E-state index in [4.69, 9.17) is 5.73 Å². The van der Waals surface area contributed by atoms with Crippen molar-refractivity contribution < 1.29 is 9.59 Å². The van der Waals surface area contributed by atoms with E-state index in [0.717, 1.165) is 48.3 Å². The number of benzene rings is 2. The molecule has 1 fully saturated rings. The highest BCUT2D eigenvalue weighted by molar-refractivity contribution is 5.99. The zero-order valence-corrected chi connectivity index (χ0v) is 21.6. The van der Waals surface area contributed by atoms with E-state index in [1.165, 1.54) is 12.4 Å². The van der Waals surface area contributed by atoms with Crippen LogP contribution in [0.15, 0.2) is 89.8 Å². The van der Waals surface area contributed by atoms with Crippen molar-refractivity contribution >= 4 is 29.4 Å². The Morgan fingerprint density at radius 1 is 1.08 bits per heavy atom. The summed E-state index contributed by atoms with van der Waals surface area (Å²) in [6.45, 7) is 0. The van der Waals surface area contributed by atoms with Gasteiger partial charge in [-0.2, -0.15) is 0 Å².